The van der Waals surface area contributed by atoms with Gasteiger partial charge in [-0.1, -0.05) is 45.8 Å². The summed E-state index contributed by atoms with van der Waals surface area (Å²) in [7, 11) is 0. The van der Waals surface area contributed by atoms with Crippen molar-refractivity contribution in [2.24, 2.45) is 0 Å². The van der Waals surface area contributed by atoms with E-state index in [9.17, 15) is 4.79 Å². The number of esters is 1. The summed E-state index contributed by atoms with van der Waals surface area (Å²) in [6.45, 7) is 2.55. The molecule has 0 bridgehead atoms. The van der Waals surface area contributed by atoms with Crippen LogP contribution in [0.2, 0.25) is 0 Å². The molecular weight excluding hydrogens is 410 g/mol. The number of aryl methyl sites for hydroxylation is 2. The normalized spacial score (nSPS) is 10.6. The van der Waals surface area contributed by atoms with E-state index in [4.69, 9.17) is 13.9 Å². The largest absolute Gasteiger partial charge is 0.490 e. The van der Waals surface area contributed by atoms with Crippen molar-refractivity contribution in [2.75, 3.05) is 13.2 Å². The van der Waals surface area contributed by atoms with Crippen molar-refractivity contribution in [3.63, 3.8) is 0 Å². The van der Waals surface area contributed by atoms with E-state index in [1.54, 1.807) is 6.20 Å². The fourth-order valence-electron chi connectivity index (χ4n) is 2.40. The van der Waals surface area contributed by atoms with Crippen LogP contribution in [0.3, 0.4) is 0 Å². The molecule has 0 saturated heterocycles. The van der Waals surface area contributed by atoms with Gasteiger partial charge in [0.25, 0.3) is 0 Å². The van der Waals surface area contributed by atoms with Gasteiger partial charge in [0.05, 0.1) is 12.6 Å². The smallest absolute Gasteiger partial charge is 0.306 e. The molecule has 0 aliphatic rings. The van der Waals surface area contributed by atoms with Crippen LogP contribution in [0.15, 0.2) is 63.6 Å². The van der Waals surface area contributed by atoms with Crippen LogP contribution in [0.4, 0.5) is 0 Å². The third kappa shape index (κ3) is 5.96. The van der Waals surface area contributed by atoms with Crippen LogP contribution < -0.4 is 4.74 Å². The van der Waals surface area contributed by atoms with Gasteiger partial charge in [-0.2, -0.15) is 0 Å². The highest BCUT2D eigenvalue weighted by Crippen LogP contribution is 2.21. The fraction of sp³-hybridized carbons (Fsp3) is 0.238. The van der Waals surface area contributed by atoms with E-state index in [0.717, 1.165) is 15.8 Å². The zero-order chi connectivity index (χ0) is 19.1. The second-order valence-electron chi connectivity index (χ2n) is 6.01. The average molecular weight is 430 g/mol. The molecule has 0 spiro atoms. The summed E-state index contributed by atoms with van der Waals surface area (Å²) >= 11 is 3.36. The lowest BCUT2D eigenvalue weighted by Gasteiger charge is -2.07. The molecule has 140 valence electrons. The number of carbonyl (C=O) groups is 1. The van der Waals surface area contributed by atoms with E-state index in [-0.39, 0.29) is 19.0 Å². The van der Waals surface area contributed by atoms with Gasteiger partial charge in [0, 0.05) is 16.5 Å². The number of rotatable bonds is 8. The Kier molecular flexibility index (Phi) is 6.65. The molecule has 5 nitrogen and oxygen atoms in total. The predicted molar refractivity (Wildman–Crippen MR) is 106 cm³/mol. The maximum absolute atomic E-state index is 11.8. The summed E-state index contributed by atoms with van der Waals surface area (Å²) in [5, 5.41) is 0. The first kappa shape index (κ1) is 19.2. The van der Waals surface area contributed by atoms with Crippen molar-refractivity contribution in [3.05, 3.63) is 70.7 Å². The SMILES string of the molecule is Cc1ccc(-c2cnc(CCC(=O)OCCOc3ccc(Br)cc3)o2)cc1. The summed E-state index contributed by atoms with van der Waals surface area (Å²) < 4.78 is 17.4. The Morgan fingerprint density at radius 1 is 1.07 bits per heavy atom. The summed E-state index contributed by atoms with van der Waals surface area (Å²) in [4.78, 5) is 16.1. The van der Waals surface area contributed by atoms with Crippen molar-refractivity contribution in [2.45, 2.75) is 19.8 Å². The molecule has 1 heterocycles. The van der Waals surface area contributed by atoms with Gasteiger partial charge in [-0.15, -0.1) is 0 Å². The number of ether oxygens (including phenoxy) is 2. The van der Waals surface area contributed by atoms with Crippen molar-refractivity contribution >= 4 is 21.9 Å². The Hall–Kier alpha value is -2.60. The predicted octanol–water partition coefficient (Wildman–Crippen LogP) is 4.97. The van der Waals surface area contributed by atoms with Crippen LogP contribution in [0.25, 0.3) is 11.3 Å². The minimum absolute atomic E-state index is 0.203. The van der Waals surface area contributed by atoms with Crippen molar-refractivity contribution in [3.8, 4) is 17.1 Å². The average Bonchev–Trinajstić information content (AvgIpc) is 3.14. The molecule has 27 heavy (non-hydrogen) atoms. The third-order valence-corrected chi connectivity index (χ3v) is 4.39. The van der Waals surface area contributed by atoms with Gasteiger partial charge >= 0.3 is 5.97 Å². The van der Waals surface area contributed by atoms with Gasteiger partial charge in [-0.05, 0) is 31.2 Å². The van der Waals surface area contributed by atoms with Gasteiger partial charge in [-0.3, -0.25) is 4.79 Å². The topological polar surface area (TPSA) is 61.6 Å². The number of hydrogen-bond donors (Lipinski definition) is 0. The van der Waals surface area contributed by atoms with Crippen LogP contribution in [0.5, 0.6) is 5.75 Å². The van der Waals surface area contributed by atoms with Crippen LogP contribution in [0.1, 0.15) is 17.9 Å². The number of oxazole rings is 1. The summed E-state index contributed by atoms with van der Waals surface area (Å²) in [5.41, 5.74) is 2.15. The number of aromatic nitrogens is 1. The highest BCUT2D eigenvalue weighted by atomic mass is 79.9. The number of halogens is 1. The summed E-state index contributed by atoms with van der Waals surface area (Å²) in [6.07, 6.45) is 2.29. The molecule has 2 aromatic carbocycles. The van der Waals surface area contributed by atoms with Crippen molar-refractivity contribution in [1.82, 2.24) is 4.98 Å². The molecule has 6 heteroatoms. The molecule has 0 N–H and O–H groups in total. The van der Waals surface area contributed by atoms with Crippen LogP contribution in [-0.2, 0) is 16.0 Å². The first-order valence-electron chi connectivity index (χ1n) is 8.66. The van der Waals surface area contributed by atoms with E-state index >= 15 is 0 Å². The van der Waals surface area contributed by atoms with E-state index in [1.807, 2.05) is 55.5 Å². The standard InChI is InChI=1S/C21H20BrNO4/c1-15-2-4-16(5-3-15)19-14-23-20(27-19)10-11-21(24)26-13-12-25-18-8-6-17(22)7-9-18/h2-9,14H,10-13H2,1H3. The minimum Gasteiger partial charge on any atom is -0.490 e. The quantitative estimate of drug-likeness (QED) is 0.373. The summed E-state index contributed by atoms with van der Waals surface area (Å²) in [5.74, 6) is 1.65. The minimum atomic E-state index is -0.301. The molecule has 0 radical (unpaired) electrons. The second-order valence-corrected chi connectivity index (χ2v) is 6.92. The molecule has 0 saturated carbocycles. The first-order chi connectivity index (χ1) is 13.1. The molecule has 0 aliphatic carbocycles. The Morgan fingerprint density at radius 2 is 1.81 bits per heavy atom. The molecule has 3 rings (SSSR count). The fourth-order valence-corrected chi connectivity index (χ4v) is 2.67. The summed E-state index contributed by atoms with van der Waals surface area (Å²) in [6, 6.07) is 15.5. The van der Waals surface area contributed by atoms with Crippen molar-refractivity contribution < 1.29 is 18.7 Å². The lowest BCUT2D eigenvalue weighted by molar-refractivity contribution is -0.144. The van der Waals surface area contributed by atoms with Crippen LogP contribution in [0, 0.1) is 6.92 Å². The molecule has 1 aromatic heterocycles. The van der Waals surface area contributed by atoms with E-state index in [2.05, 4.69) is 20.9 Å². The van der Waals surface area contributed by atoms with E-state index in [1.165, 1.54) is 5.56 Å². The highest BCUT2D eigenvalue weighted by Gasteiger charge is 2.10. The monoisotopic (exact) mass is 429 g/mol. The number of hydrogen-bond acceptors (Lipinski definition) is 5. The van der Waals surface area contributed by atoms with Gasteiger partial charge in [0.1, 0.15) is 19.0 Å². The van der Waals surface area contributed by atoms with Gasteiger partial charge in [0.15, 0.2) is 11.7 Å². The number of nitrogens with zero attached hydrogens (tertiary/aromatic N) is 1. The van der Waals surface area contributed by atoms with Crippen molar-refractivity contribution in [1.29, 1.82) is 0 Å². The Balaban J connectivity index is 1.38. The third-order valence-electron chi connectivity index (χ3n) is 3.86. The van der Waals surface area contributed by atoms with E-state index in [0.29, 0.717) is 24.7 Å². The van der Waals surface area contributed by atoms with Gasteiger partial charge in [0.2, 0.25) is 0 Å². The van der Waals surface area contributed by atoms with Gasteiger partial charge in [-0.25, -0.2) is 4.98 Å². The molecule has 3 aromatic rings. The number of carbonyl (C=O) groups excluding carboxylic acids is 1. The van der Waals surface area contributed by atoms with Gasteiger partial charge < -0.3 is 13.9 Å². The molecule has 0 fully saturated rings. The first-order valence-corrected chi connectivity index (χ1v) is 9.45. The highest BCUT2D eigenvalue weighted by molar-refractivity contribution is 9.10. The molecule has 0 aliphatic heterocycles. The van der Waals surface area contributed by atoms with Crippen LogP contribution in [-0.4, -0.2) is 24.2 Å². The Bertz CT molecular complexity index is 872. The maximum atomic E-state index is 11.8. The lowest BCUT2D eigenvalue weighted by Crippen LogP contribution is -2.12. The lowest BCUT2D eigenvalue weighted by atomic mass is 10.1. The molecule has 0 amide bonds. The Morgan fingerprint density at radius 3 is 2.56 bits per heavy atom. The maximum Gasteiger partial charge on any atom is 0.306 e. The zero-order valence-electron chi connectivity index (χ0n) is 15.0. The molecule has 0 unspecified atom stereocenters. The Labute approximate surface area is 166 Å². The van der Waals surface area contributed by atoms with Crippen LogP contribution >= 0.6 is 15.9 Å². The number of benzene rings is 2. The zero-order valence-corrected chi connectivity index (χ0v) is 16.6. The molecular formula is C21H20BrNO4. The van der Waals surface area contributed by atoms with E-state index < -0.39 is 0 Å². The molecule has 0 atom stereocenters. The second kappa shape index (κ2) is 9.37.